The Kier molecular flexibility index (Phi) is 5.38. The van der Waals surface area contributed by atoms with Gasteiger partial charge >= 0.3 is 0 Å². The molecule has 26 heavy (non-hydrogen) atoms. The largest absolute Gasteiger partial charge is 0.497 e. The van der Waals surface area contributed by atoms with E-state index in [2.05, 4.69) is 5.32 Å². The minimum Gasteiger partial charge on any atom is -0.497 e. The zero-order valence-corrected chi connectivity index (χ0v) is 14.7. The Hall–Kier alpha value is -3.06. The number of ether oxygens (including phenoxy) is 2. The van der Waals surface area contributed by atoms with E-state index >= 15 is 0 Å². The summed E-state index contributed by atoms with van der Waals surface area (Å²) in [5.41, 5.74) is 1.27. The molecule has 0 unspecified atom stereocenters. The van der Waals surface area contributed by atoms with Gasteiger partial charge < -0.3 is 9.47 Å². The topological polar surface area (TPSA) is 81.7 Å². The zero-order valence-electron chi connectivity index (χ0n) is 13.9. The maximum absolute atomic E-state index is 12.2. The van der Waals surface area contributed by atoms with Gasteiger partial charge in [0, 0.05) is 5.56 Å². The smallest absolute Gasteiger partial charge is 0.290 e. The summed E-state index contributed by atoms with van der Waals surface area (Å²) in [5, 5.41) is 1.82. The molecule has 0 spiro atoms. The van der Waals surface area contributed by atoms with E-state index in [1.807, 2.05) is 0 Å². The first kappa shape index (κ1) is 17.8. The first-order valence-corrected chi connectivity index (χ1v) is 8.52. The highest BCUT2D eigenvalue weighted by Gasteiger charge is 2.24. The summed E-state index contributed by atoms with van der Waals surface area (Å²) < 4.78 is 10.6. The van der Waals surface area contributed by atoms with Gasteiger partial charge in [-0.1, -0.05) is 24.3 Å². The zero-order chi connectivity index (χ0) is 18.5. The molecule has 0 aliphatic carbocycles. The van der Waals surface area contributed by atoms with Crippen molar-refractivity contribution in [2.45, 2.75) is 0 Å². The lowest BCUT2D eigenvalue weighted by Crippen LogP contribution is -2.17. The van der Waals surface area contributed by atoms with Crippen LogP contribution in [-0.4, -0.2) is 30.6 Å². The summed E-state index contributed by atoms with van der Waals surface area (Å²) in [7, 11) is 1.54. The van der Waals surface area contributed by atoms with Crippen molar-refractivity contribution in [1.82, 2.24) is 5.32 Å². The molecule has 3 rings (SSSR count). The van der Waals surface area contributed by atoms with Crippen LogP contribution in [0.25, 0.3) is 6.08 Å². The second-order valence-corrected chi connectivity index (χ2v) is 6.38. The molecule has 1 aliphatic rings. The van der Waals surface area contributed by atoms with Crippen molar-refractivity contribution in [3.63, 3.8) is 0 Å². The van der Waals surface area contributed by atoms with Crippen LogP contribution >= 0.6 is 11.8 Å². The molecule has 2 aromatic rings. The SMILES string of the molecule is COc1cccc(C(=O)COc2ccc(/C=C3\SC(=O)NC3=O)cc2)c1. The van der Waals surface area contributed by atoms with Gasteiger partial charge in [0.1, 0.15) is 11.5 Å². The van der Waals surface area contributed by atoms with E-state index in [9.17, 15) is 14.4 Å². The van der Waals surface area contributed by atoms with E-state index < -0.39 is 5.91 Å². The Morgan fingerprint density at radius 1 is 1.12 bits per heavy atom. The minimum absolute atomic E-state index is 0.0969. The number of carbonyl (C=O) groups is 3. The fourth-order valence-corrected chi connectivity index (χ4v) is 2.94. The molecule has 1 fully saturated rings. The van der Waals surface area contributed by atoms with Crippen LogP contribution in [0.15, 0.2) is 53.4 Å². The van der Waals surface area contributed by atoms with Crippen LogP contribution in [0.2, 0.25) is 0 Å². The Morgan fingerprint density at radius 2 is 1.88 bits per heavy atom. The fourth-order valence-electron chi connectivity index (χ4n) is 2.26. The first-order chi connectivity index (χ1) is 12.5. The summed E-state index contributed by atoms with van der Waals surface area (Å²) in [4.78, 5) is 35.2. The van der Waals surface area contributed by atoms with Crippen molar-refractivity contribution in [3.05, 3.63) is 64.6 Å². The van der Waals surface area contributed by atoms with E-state index in [0.717, 1.165) is 17.3 Å². The minimum atomic E-state index is -0.399. The highest BCUT2D eigenvalue weighted by molar-refractivity contribution is 8.18. The molecular weight excluding hydrogens is 354 g/mol. The van der Waals surface area contributed by atoms with Crippen LogP contribution in [-0.2, 0) is 4.79 Å². The third-order valence-electron chi connectivity index (χ3n) is 3.58. The molecule has 0 atom stereocenters. The van der Waals surface area contributed by atoms with Gasteiger partial charge in [-0.2, -0.15) is 0 Å². The number of methoxy groups -OCH3 is 1. The molecule has 1 aliphatic heterocycles. The van der Waals surface area contributed by atoms with Gasteiger partial charge in [-0.3, -0.25) is 19.7 Å². The molecule has 6 nitrogen and oxygen atoms in total. The van der Waals surface area contributed by atoms with Gasteiger partial charge in [0.25, 0.3) is 11.1 Å². The fraction of sp³-hybridized carbons (Fsp3) is 0.105. The summed E-state index contributed by atoms with van der Waals surface area (Å²) >= 11 is 0.863. The van der Waals surface area contributed by atoms with E-state index in [0.29, 0.717) is 22.0 Å². The van der Waals surface area contributed by atoms with Crippen LogP contribution in [0.3, 0.4) is 0 Å². The van der Waals surface area contributed by atoms with Crippen LogP contribution in [0, 0.1) is 0 Å². The molecular formula is C19H15NO5S. The second kappa shape index (κ2) is 7.88. The van der Waals surface area contributed by atoms with Crippen LogP contribution < -0.4 is 14.8 Å². The van der Waals surface area contributed by atoms with Crippen LogP contribution in [0.1, 0.15) is 15.9 Å². The van der Waals surface area contributed by atoms with Gasteiger partial charge in [-0.25, -0.2) is 0 Å². The highest BCUT2D eigenvalue weighted by atomic mass is 32.2. The van der Waals surface area contributed by atoms with Crippen molar-refractivity contribution >= 4 is 34.8 Å². The Bertz CT molecular complexity index is 889. The van der Waals surface area contributed by atoms with Crippen molar-refractivity contribution in [3.8, 4) is 11.5 Å². The Balaban J connectivity index is 1.61. The Morgan fingerprint density at radius 3 is 2.54 bits per heavy atom. The predicted octanol–water partition coefficient (Wildman–Crippen LogP) is 3.28. The van der Waals surface area contributed by atoms with E-state index in [-0.39, 0.29) is 17.6 Å². The molecule has 132 valence electrons. The number of benzene rings is 2. The molecule has 2 aromatic carbocycles. The third kappa shape index (κ3) is 4.31. The van der Waals surface area contributed by atoms with Gasteiger partial charge in [0.05, 0.1) is 12.0 Å². The number of hydrogen-bond donors (Lipinski definition) is 1. The van der Waals surface area contributed by atoms with Gasteiger partial charge in [0.15, 0.2) is 12.4 Å². The molecule has 0 bridgehead atoms. The van der Waals surface area contributed by atoms with Crippen molar-refractivity contribution in [1.29, 1.82) is 0 Å². The molecule has 0 aromatic heterocycles. The van der Waals surface area contributed by atoms with Gasteiger partial charge in [0.2, 0.25) is 0 Å². The average molecular weight is 369 g/mol. The first-order valence-electron chi connectivity index (χ1n) is 7.70. The lowest BCUT2D eigenvalue weighted by molar-refractivity contribution is -0.115. The summed E-state index contributed by atoms with van der Waals surface area (Å²) in [5.74, 6) is 0.584. The Labute approximate surface area is 154 Å². The van der Waals surface area contributed by atoms with Crippen LogP contribution in [0.4, 0.5) is 4.79 Å². The molecule has 2 amide bonds. The summed E-state index contributed by atoms with van der Waals surface area (Å²) in [6.07, 6.45) is 1.62. The number of carbonyl (C=O) groups excluding carboxylic acids is 3. The quantitative estimate of drug-likeness (QED) is 0.622. The normalized spacial score (nSPS) is 15.0. The third-order valence-corrected chi connectivity index (χ3v) is 4.39. The van der Waals surface area contributed by atoms with Crippen molar-refractivity contribution < 1.29 is 23.9 Å². The number of hydrogen-bond acceptors (Lipinski definition) is 6. The summed E-state index contributed by atoms with van der Waals surface area (Å²) in [6, 6.07) is 13.8. The number of Topliss-reactive ketones (excluding diaryl/α,β-unsaturated/α-hetero) is 1. The van der Waals surface area contributed by atoms with E-state index in [4.69, 9.17) is 9.47 Å². The number of nitrogens with one attached hydrogen (secondary N) is 1. The molecule has 1 N–H and O–H groups in total. The standard InChI is InChI=1S/C19H15NO5S/c1-24-15-4-2-3-13(10-15)16(21)11-25-14-7-5-12(6-8-14)9-17-18(22)20-19(23)26-17/h2-10H,11H2,1H3,(H,20,22,23)/b17-9-. The van der Waals surface area contributed by atoms with Crippen molar-refractivity contribution in [2.75, 3.05) is 13.7 Å². The maximum atomic E-state index is 12.2. The molecule has 1 saturated heterocycles. The second-order valence-electron chi connectivity index (χ2n) is 5.37. The van der Waals surface area contributed by atoms with Gasteiger partial charge in [-0.15, -0.1) is 0 Å². The molecule has 0 saturated carbocycles. The highest BCUT2D eigenvalue weighted by Crippen LogP contribution is 2.26. The number of amides is 2. The lowest BCUT2D eigenvalue weighted by Gasteiger charge is -2.07. The van der Waals surface area contributed by atoms with Gasteiger partial charge in [-0.05, 0) is 47.7 Å². The number of ketones is 1. The monoisotopic (exact) mass is 369 g/mol. The molecule has 7 heteroatoms. The average Bonchev–Trinajstić information content (AvgIpc) is 2.97. The molecule has 0 radical (unpaired) electrons. The maximum Gasteiger partial charge on any atom is 0.290 e. The number of imide groups is 1. The lowest BCUT2D eigenvalue weighted by atomic mass is 10.1. The van der Waals surface area contributed by atoms with E-state index in [1.165, 1.54) is 0 Å². The van der Waals surface area contributed by atoms with Crippen LogP contribution in [0.5, 0.6) is 11.5 Å². The van der Waals surface area contributed by atoms with Crippen molar-refractivity contribution in [2.24, 2.45) is 0 Å². The molecule has 1 heterocycles. The predicted molar refractivity (Wildman–Crippen MR) is 98.4 cm³/mol. The summed E-state index contributed by atoms with van der Waals surface area (Å²) in [6.45, 7) is -0.0969. The van der Waals surface area contributed by atoms with E-state index in [1.54, 1.807) is 61.7 Å². The number of thioether (sulfide) groups is 1. The number of rotatable bonds is 6.